The molecule has 0 aliphatic carbocycles. The van der Waals surface area contributed by atoms with Gasteiger partial charge in [0, 0.05) is 38.6 Å². The summed E-state index contributed by atoms with van der Waals surface area (Å²) < 4.78 is 5.47. The number of ether oxygens (including phenoxy) is 1. The molecule has 166 valence electrons. The van der Waals surface area contributed by atoms with Crippen molar-refractivity contribution >= 4 is 47.4 Å². The van der Waals surface area contributed by atoms with E-state index in [1.807, 2.05) is 39.6 Å². The van der Waals surface area contributed by atoms with Gasteiger partial charge >= 0.3 is 6.09 Å². The van der Waals surface area contributed by atoms with Crippen molar-refractivity contribution in [3.05, 3.63) is 16.1 Å². The number of guanidine groups is 1. The first-order chi connectivity index (χ1) is 13.2. The van der Waals surface area contributed by atoms with Gasteiger partial charge in [-0.2, -0.15) is 0 Å². The Labute approximate surface area is 196 Å². The zero-order valence-electron chi connectivity index (χ0n) is 18.5. The van der Waals surface area contributed by atoms with Crippen LogP contribution in [0.3, 0.4) is 0 Å². The molecule has 0 spiro atoms. The van der Waals surface area contributed by atoms with Gasteiger partial charge in [-0.15, -0.1) is 35.3 Å². The number of carbonyl (C=O) groups excluding carboxylic acids is 1. The summed E-state index contributed by atoms with van der Waals surface area (Å²) in [4.78, 5) is 25.5. The maximum Gasteiger partial charge on any atom is 0.410 e. The monoisotopic (exact) mass is 537 g/mol. The molecule has 0 radical (unpaired) electrons. The van der Waals surface area contributed by atoms with Crippen molar-refractivity contribution in [3.8, 4) is 0 Å². The van der Waals surface area contributed by atoms with Gasteiger partial charge < -0.3 is 19.9 Å². The van der Waals surface area contributed by atoms with E-state index in [0.717, 1.165) is 62.2 Å². The summed E-state index contributed by atoms with van der Waals surface area (Å²) in [6, 6.07) is 0. The Morgan fingerprint density at radius 3 is 2.59 bits per heavy atom. The highest BCUT2D eigenvalue weighted by molar-refractivity contribution is 14.0. The largest absolute Gasteiger partial charge is 0.444 e. The number of carbonyl (C=O) groups is 1. The SMILES string of the molecule is CCNC(=NCC1CCN(C(=O)OC(C)(C)C)CC1)N(C)Cc1csc(C)n1.I. The quantitative estimate of drug-likeness (QED) is 0.348. The molecule has 0 atom stereocenters. The number of thiazole rings is 1. The number of aryl methyl sites for hydroxylation is 1. The van der Waals surface area contributed by atoms with Gasteiger partial charge in [0.15, 0.2) is 5.96 Å². The Bertz CT molecular complexity index is 666. The minimum Gasteiger partial charge on any atom is -0.444 e. The van der Waals surface area contributed by atoms with Crippen molar-refractivity contribution in [2.75, 3.05) is 33.2 Å². The Morgan fingerprint density at radius 2 is 2.07 bits per heavy atom. The van der Waals surface area contributed by atoms with Crippen LogP contribution in [0.4, 0.5) is 4.79 Å². The number of nitrogens with one attached hydrogen (secondary N) is 1. The lowest BCUT2D eigenvalue weighted by atomic mass is 9.97. The van der Waals surface area contributed by atoms with E-state index in [0.29, 0.717) is 5.92 Å². The van der Waals surface area contributed by atoms with Gasteiger partial charge in [-0.3, -0.25) is 4.99 Å². The first kappa shape index (κ1) is 25.9. The molecule has 0 aromatic carbocycles. The van der Waals surface area contributed by atoms with Crippen LogP contribution in [0.5, 0.6) is 0 Å². The molecule has 0 unspecified atom stereocenters. The van der Waals surface area contributed by atoms with E-state index in [-0.39, 0.29) is 30.1 Å². The molecule has 1 aliphatic rings. The summed E-state index contributed by atoms with van der Waals surface area (Å²) in [7, 11) is 2.04. The average molecular weight is 538 g/mol. The van der Waals surface area contributed by atoms with Gasteiger partial charge in [-0.1, -0.05) is 0 Å². The van der Waals surface area contributed by atoms with E-state index in [9.17, 15) is 4.79 Å². The highest BCUT2D eigenvalue weighted by Gasteiger charge is 2.26. The zero-order valence-corrected chi connectivity index (χ0v) is 21.7. The fraction of sp³-hybridized carbons (Fsp3) is 0.750. The molecular formula is C20H36IN5O2S. The molecule has 0 saturated carbocycles. The number of aliphatic imine (C=N–C) groups is 1. The van der Waals surface area contributed by atoms with Crippen molar-refractivity contribution in [2.24, 2.45) is 10.9 Å². The van der Waals surface area contributed by atoms with Gasteiger partial charge in [0.2, 0.25) is 0 Å². The lowest BCUT2D eigenvalue weighted by Crippen LogP contribution is -2.42. The van der Waals surface area contributed by atoms with Crippen LogP contribution in [0.15, 0.2) is 10.4 Å². The van der Waals surface area contributed by atoms with Crippen molar-refractivity contribution in [1.82, 2.24) is 20.1 Å². The van der Waals surface area contributed by atoms with Crippen LogP contribution in [0, 0.1) is 12.8 Å². The molecule has 1 aliphatic heterocycles. The third-order valence-corrected chi connectivity index (χ3v) is 5.35. The molecule has 1 amide bonds. The molecule has 7 nitrogen and oxygen atoms in total. The minimum absolute atomic E-state index is 0. The second-order valence-corrected chi connectivity index (χ2v) is 9.38. The molecule has 2 rings (SSSR count). The summed E-state index contributed by atoms with van der Waals surface area (Å²) >= 11 is 1.67. The number of hydrogen-bond donors (Lipinski definition) is 1. The van der Waals surface area contributed by atoms with E-state index in [1.54, 1.807) is 11.3 Å². The fourth-order valence-corrected chi connectivity index (χ4v) is 3.71. The summed E-state index contributed by atoms with van der Waals surface area (Å²) in [5.74, 6) is 1.39. The fourth-order valence-electron chi connectivity index (χ4n) is 3.11. The Balaban J connectivity index is 0.00000420. The second-order valence-electron chi connectivity index (χ2n) is 8.32. The Hall–Kier alpha value is -1.10. The number of rotatable bonds is 5. The number of piperidine rings is 1. The van der Waals surface area contributed by atoms with E-state index in [2.05, 4.69) is 27.5 Å². The highest BCUT2D eigenvalue weighted by Crippen LogP contribution is 2.20. The molecule has 1 aromatic rings. The summed E-state index contributed by atoms with van der Waals surface area (Å²) in [6.45, 7) is 13.6. The summed E-state index contributed by atoms with van der Waals surface area (Å²) in [5.41, 5.74) is 0.626. The van der Waals surface area contributed by atoms with E-state index >= 15 is 0 Å². The molecule has 1 N–H and O–H groups in total. The standard InChI is InChI=1S/C20H35N5O2S.HI/c1-7-21-18(24(6)13-17-14-28-15(2)23-17)22-12-16-8-10-25(11-9-16)19(26)27-20(3,4)5;/h14,16H,7-13H2,1-6H3,(H,21,22);1H. The topological polar surface area (TPSA) is 70.1 Å². The van der Waals surface area contributed by atoms with E-state index in [4.69, 9.17) is 9.73 Å². The number of hydrogen-bond acceptors (Lipinski definition) is 5. The normalized spacial score (nSPS) is 15.7. The van der Waals surface area contributed by atoms with Crippen LogP contribution in [0.25, 0.3) is 0 Å². The summed E-state index contributed by atoms with van der Waals surface area (Å²) in [6.07, 6.45) is 1.70. The van der Waals surface area contributed by atoms with Gasteiger partial charge in [-0.25, -0.2) is 9.78 Å². The third-order valence-electron chi connectivity index (χ3n) is 4.53. The highest BCUT2D eigenvalue weighted by atomic mass is 127. The van der Waals surface area contributed by atoms with Crippen LogP contribution in [0.1, 0.15) is 51.2 Å². The minimum atomic E-state index is -0.445. The number of nitrogens with zero attached hydrogens (tertiary/aromatic N) is 4. The molecule has 1 saturated heterocycles. The van der Waals surface area contributed by atoms with Crippen molar-refractivity contribution in [1.29, 1.82) is 0 Å². The van der Waals surface area contributed by atoms with Crippen LogP contribution in [0.2, 0.25) is 0 Å². The molecular weight excluding hydrogens is 501 g/mol. The maximum absolute atomic E-state index is 12.2. The van der Waals surface area contributed by atoms with Crippen LogP contribution in [-0.2, 0) is 11.3 Å². The average Bonchev–Trinajstić information content (AvgIpc) is 3.02. The molecule has 0 bridgehead atoms. The van der Waals surface area contributed by atoms with E-state index in [1.165, 1.54) is 0 Å². The number of halogens is 1. The van der Waals surface area contributed by atoms with E-state index < -0.39 is 5.60 Å². The Kier molecular flexibility index (Phi) is 10.7. The zero-order chi connectivity index (χ0) is 20.7. The number of aromatic nitrogens is 1. The predicted octanol–water partition coefficient (Wildman–Crippen LogP) is 4.11. The lowest BCUT2D eigenvalue weighted by Gasteiger charge is -2.33. The lowest BCUT2D eigenvalue weighted by molar-refractivity contribution is 0.0187. The number of likely N-dealkylation sites (tertiary alicyclic amines) is 1. The number of amides is 1. The second kappa shape index (κ2) is 11.9. The molecule has 2 heterocycles. The van der Waals surface area contributed by atoms with Crippen LogP contribution in [-0.4, -0.2) is 65.7 Å². The van der Waals surface area contributed by atoms with Crippen molar-refractivity contribution in [2.45, 2.75) is 59.6 Å². The predicted molar refractivity (Wildman–Crippen MR) is 130 cm³/mol. The smallest absolute Gasteiger partial charge is 0.410 e. The molecule has 1 aromatic heterocycles. The van der Waals surface area contributed by atoms with Crippen LogP contribution < -0.4 is 5.32 Å². The van der Waals surface area contributed by atoms with Gasteiger partial charge in [0.25, 0.3) is 0 Å². The first-order valence-corrected chi connectivity index (χ1v) is 10.9. The van der Waals surface area contributed by atoms with Gasteiger partial charge in [0.1, 0.15) is 5.60 Å². The van der Waals surface area contributed by atoms with Gasteiger partial charge in [-0.05, 0) is 53.4 Å². The first-order valence-electron chi connectivity index (χ1n) is 10.1. The molecule has 29 heavy (non-hydrogen) atoms. The van der Waals surface area contributed by atoms with Crippen molar-refractivity contribution in [3.63, 3.8) is 0 Å². The maximum atomic E-state index is 12.2. The van der Waals surface area contributed by atoms with Gasteiger partial charge in [0.05, 0.1) is 17.2 Å². The Morgan fingerprint density at radius 1 is 1.41 bits per heavy atom. The molecule has 9 heteroatoms. The molecule has 1 fully saturated rings. The summed E-state index contributed by atoms with van der Waals surface area (Å²) in [5, 5.41) is 6.55. The third kappa shape index (κ3) is 9.06. The van der Waals surface area contributed by atoms with Crippen LogP contribution >= 0.6 is 35.3 Å². The van der Waals surface area contributed by atoms with Crippen molar-refractivity contribution < 1.29 is 9.53 Å².